The SMILES string of the molecule is O=C(Nc1ccc(OCc2ccccc2)cc1)c1ccccc1-c1ncc(-c2ccc(F)cc2)o1. The summed E-state index contributed by atoms with van der Waals surface area (Å²) in [4.78, 5) is 17.4. The summed E-state index contributed by atoms with van der Waals surface area (Å²) < 4.78 is 24.9. The van der Waals surface area contributed by atoms with Gasteiger partial charge in [-0.3, -0.25) is 4.79 Å². The molecule has 1 N–H and O–H groups in total. The molecule has 1 heterocycles. The molecule has 6 heteroatoms. The van der Waals surface area contributed by atoms with E-state index in [0.29, 0.717) is 46.4 Å². The second-order valence-electron chi connectivity index (χ2n) is 7.83. The summed E-state index contributed by atoms with van der Waals surface area (Å²) in [7, 11) is 0. The van der Waals surface area contributed by atoms with E-state index in [-0.39, 0.29) is 11.7 Å². The first-order valence-electron chi connectivity index (χ1n) is 11.0. The molecule has 0 aliphatic carbocycles. The topological polar surface area (TPSA) is 64.4 Å². The highest BCUT2D eigenvalue weighted by Gasteiger charge is 2.17. The molecule has 0 aliphatic heterocycles. The quantitative estimate of drug-likeness (QED) is 0.282. The number of nitrogens with one attached hydrogen (secondary N) is 1. The van der Waals surface area contributed by atoms with Gasteiger partial charge in [0.15, 0.2) is 5.76 Å². The number of rotatable bonds is 7. The lowest BCUT2D eigenvalue weighted by atomic mass is 10.1. The molecule has 0 aliphatic rings. The highest BCUT2D eigenvalue weighted by Crippen LogP contribution is 2.29. The Kier molecular flexibility index (Phi) is 6.35. The van der Waals surface area contributed by atoms with Crippen LogP contribution in [-0.4, -0.2) is 10.9 Å². The highest BCUT2D eigenvalue weighted by atomic mass is 19.1. The number of hydrogen-bond acceptors (Lipinski definition) is 4. The number of benzene rings is 4. The fourth-order valence-corrected chi connectivity index (χ4v) is 3.59. The molecule has 172 valence electrons. The summed E-state index contributed by atoms with van der Waals surface area (Å²) in [5.74, 6) is 0.882. The number of aromatic nitrogens is 1. The zero-order valence-corrected chi connectivity index (χ0v) is 18.6. The van der Waals surface area contributed by atoms with E-state index in [4.69, 9.17) is 9.15 Å². The molecule has 5 aromatic rings. The Balaban J connectivity index is 1.29. The molecule has 5 nitrogen and oxygen atoms in total. The number of oxazole rings is 1. The standard InChI is InChI=1S/C29H21FN2O3/c30-22-12-10-21(11-13-22)27-18-31-29(35-27)26-9-5-4-8-25(26)28(33)32-23-14-16-24(17-15-23)34-19-20-6-2-1-3-7-20/h1-18H,19H2,(H,32,33). The molecule has 0 radical (unpaired) electrons. The van der Waals surface area contributed by atoms with Crippen molar-refractivity contribution in [3.63, 3.8) is 0 Å². The summed E-state index contributed by atoms with van der Waals surface area (Å²) in [6.45, 7) is 0.468. The molecule has 0 saturated carbocycles. The lowest BCUT2D eigenvalue weighted by molar-refractivity contribution is 0.102. The van der Waals surface area contributed by atoms with Crippen molar-refractivity contribution >= 4 is 11.6 Å². The summed E-state index contributed by atoms with van der Waals surface area (Å²) in [6.07, 6.45) is 1.56. The van der Waals surface area contributed by atoms with Crippen molar-refractivity contribution in [2.24, 2.45) is 0 Å². The molecule has 4 aromatic carbocycles. The van der Waals surface area contributed by atoms with Gasteiger partial charge in [0.05, 0.1) is 11.8 Å². The van der Waals surface area contributed by atoms with Crippen molar-refractivity contribution in [1.82, 2.24) is 4.98 Å². The number of anilines is 1. The van der Waals surface area contributed by atoms with Crippen LogP contribution < -0.4 is 10.1 Å². The van der Waals surface area contributed by atoms with E-state index in [9.17, 15) is 9.18 Å². The van der Waals surface area contributed by atoms with E-state index in [1.54, 1.807) is 48.7 Å². The van der Waals surface area contributed by atoms with Gasteiger partial charge in [-0.05, 0) is 66.2 Å². The van der Waals surface area contributed by atoms with Gasteiger partial charge in [0.2, 0.25) is 5.89 Å². The first-order valence-corrected chi connectivity index (χ1v) is 11.0. The van der Waals surface area contributed by atoms with Gasteiger partial charge in [-0.15, -0.1) is 0 Å². The van der Waals surface area contributed by atoms with Crippen LogP contribution in [0.3, 0.4) is 0 Å². The van der Waals surface area contributed by atoms with E-state index in [1.165, 1.54) is 12.1 Å². The van der Waals surface area contributed by atoms with Crippen molar-refractivity contribution in [2.45, 2.75) is 6.61 Å². The van der Waals surface area contributed by atoms with E-state index < -0.39 is 0 Å². The maximum absolute atomic E-state index is 13.2. The fraction of sp³-hybridized carbons (Fsp3) is 0.0345. The Morgan fingerprint density at radius 3 is 2.34 bits per heavy atom. The first-order chi connectivity index (χ1) is 17.2. The monoisotopic (exact) mass is 464 g/mol. The van der Waals surface area contributed by atoms with E-state index in [2.05, 4.69) is 10.3 Å². The molecule has 0 fully saturated rings. The van der Waals surface area contributed by atoms with Gasteiger partial charge < -0.3 is 14.5 Å². The van der Waals surface area contributed by atoms with Crippen molar-refractivity contribution in [2.75, 3.05) is 5.32 Å². The smallest absolute Gasteiger partial charge is 0.256 e. The molecule has 0 atom stereocenters. The molecular weight excluding hydrogens is 443 g/mol. The van der Waals surface area contributed by atoms with Crippen LogP contribution >= 0.6 is 0 Å². The van der Waals surface area contributed by atoms with Gasteiger partial charge >= 0.3 is 0 Å². The van der Waals surface area contributed by atoms with Crippen LogP contribution in [0, 0.1) is 5.82 Å². The van der Waals surface area contributed by atoms with Crippen molar-refractivity contribution in [3.05, 3.63) is 126 Å². The van der Waals surface area contributed by atoms with E-state index in [1.807, 2.05) is 48.5 Å². The van der Waals surface area contributed by atoms with Crippen LogP contribution in [0.25, 0.3) is 22.8 Å². The molecule has 0 unspecified atom stereocenters. The largest absolute Gasteiger partial charge is 0.489 e. The lowest BCUT2D eigenvalue weighted by Gasteiger charge is -2.10. The lowest BCUT2D eigenvalue weighted by Crippen LogP contribution is -2.13. The molecule has 1 aromatic heterocycles. The summed E-state index contributed by atoms with van der Waals surface area (Å²) in [6, 6.07) is 30.1. The van der Waals surface area contributed by atoms with Crippen molar-refractivity contribution < 1.29 is 18.3 Å². The molecule has 35 heavy (non-hydrogen) atoms. The van der Waals surface area contributed by atoms with E-state index >= 15 is 0 Å². The minimum atomic E-state index is -0.328. The second kappa shape index (κ2) is 10.1. The molecular formula is C29H21FN2O3. The summed E-state index contributed by atoms with van der Waals surface area (Å²) >= 11 is 0. The fourth-order valence-electron chi connectivity index (χ4n) is 3.59. The predicted octanol–water partition coefficient (Wildman–Crippen LogP) is 6.98. The van der Waals surface area contributed by atoms with E-state index in [0.717, 1.165) is 5.56 Å². The van der Waals surface area contributed by atoms with Crippen LogP contribution in [0.4, 0.5) is 10.1 Å². The minimum Gasteiger partial charge on any atom is -0.489 e. The third-order valence-electron chi connectivity index (χ3n) is 5.40. The average molecular weight is 464 g/mol. The van der Waals surface area contributed by atoms with Crippen LogP contribution in [0.5, 0.6) is 5.75 Å². The maximum atomic E-state index is 13.2. The summed E-state index contributed by atoms with van der Waals surface area (Å²) in [5, 5.41) is 2.91. The van der Waals surface area contributed by atoms with Crippen molar-refractivity contribution in [1.29, 1.82) is 0 Å². The number of amides is 1. The number of carbonyl (C=O) groups excluding carboxylic acids is 1. The molecule has 0 spiro atoms. The number of ether oxygens (including phenoxy) is 1. The van der Waals surface area contributed by atoms with Gasteiger partial charge in [0.25, 0.3) is 5.91 Å². The summed E-state index contributed by atoms with van der Waals surface area (Å²) in [5.41, 5.74) is 3.39. The predicted molar refractivity (Wildman–Crippen MR) is 133 cm³/mol. The third kappa shape index (κ3) is 5.28. The van der Waals surface area contributed by atoms with Crippen LogP contribution in [0.1, 0.15) is 15.9 Å². The first kappa shape index (κ1) is 22.1. The molecule has 1 amide bonds. The Morgan fingerprint density at radius 1 is 0.857 bits per heavy atom. The van der Waals surface area contributed by atoms with Gasteiger partial charge in [0, 0.05) is 16.8 Å². The Labute approximate surface area is 201 Å². The number of hydrogen-bond donors (Lipinski definition) is 1. The number of carbonyl (C=O) groups is 1. The van der Waals surface area contributed by atoms with Crippen molar-refractivity contribution in [3.8, 4) is 28.5 Å². The van der Waals surface area contributed by atoms with Crippen LogP contribution in [-0.2, 0) is 6.61 Å². The van der Waals surface area contributed by atoms with Crippen LogP contribution in [0.15, 0.2) is 114 Å². The Hall–Kier alpha value is -4.71. The third-order valence-corrected chi connectivity index (χ3v) is 5.40. The Morgan fingerprint density at radius 2 is 1.57 bits per heavy atom. The van der Waals surface area contributed by atoms with Gasteiger partial charge in [-0.25, -0.2) is 9.37 Å². The molecule has 0 saturated heterocycles. The van der Waals surface area contributed by atoms with Gasteiger partial charge in [-0.2, -0.15) is 0 Å². The maximum Gasteiger partial charge on any atom is 0.256 e. The zero-order valence-electron chi connectivity index (χ0n) is 18.6. The Bertz CT molecular complexity index is 1430. The zero-order chi connectivity index (χ0) is 24.0. The van der Waals surface area contributed by atoms with Crippen LogP contribution in [0.2, 0.25) is 0 Å². The van der Waals surface area contributed by atoms with Gasteiger partial charge in [-0.1, -0.05) is 42.5 Å². The molecule has 0 bridgehead atoms. The highest BCUT2D eigenvalue weighted by molar-refractivity contribution is 6.08. The number of nitrogens with zero attached hydrogens (tertiary/aromatic N) is 1. The minimum absolute atomic E-state index is 0.292. The average Bonchev–Trinajstić information content (AvgIpc) is 3.39. The number of halogens is 1. The van der Waals surface area contributed by atoms with Gasteiger partial charge in [0.1, 0.15) is 18.2 Å². The molecule has 5 rings (SSSR count). The normalized spacial score (nSPS) is 10.7. The second-order valence-corrected chi connectivity index (χ2v) is 7.83.